The number of aromatic nitrogens is 3. The summed E-state index contributed by atoms with van der Waals surface area (Å²) in [4.78, 5) is 14.9. The van der Waals surface area contributed by atoms with Crippen molar-refractivity contribution in [2.24, 2.45) is 11.3 Å². The molecule has 2 heterocycles. The molecule has 1 saturated carbocycles. The minimum absolute atomic E-state index is 0.0216. The van der Waals surface area contributed by atoms with Crippen LogP contribution in [-0.4, -0.2) is 38.7 Å². The first kappa shape index (κ1) is 18.4. The Morgan fingerprint density at radius 2 is 2.19 bits per heavy atom. The highest BCUT2D eigenvalue weighted by Crippen LogP contribution is 2.55. The van der Waals surface area contributed by atoms with Gasteiger partial charge in [-0.15, -0.1) is 10.2 Å². The van der Waals surface area contributed by atoms with E-state index in [9.17, 15) is 9.18 Å². The Bertz CT molecular complexity index is 861. The second-order valence-corrected chi connectivity index (χ2v) is 8.73. The Morgan fingerprint density at radius 3 is 2.81 bits per heavy atom. The molecule has 2 fully saturated rings. The van der Waals surface area contributed by atoms with Crippen molar-refractivity contribution in [1.82, 2.24) is 19.7 Å². The number of carbonyl (C=O) groups is 1. The maximum absolute atomic E-state index is 13.4. The van der Waals surface area contributed by atoms with E-state index in [0.29, 0.717) is 24.6 Å². The van der Waals surface area contributed by atoms with E-state index in [1.54, 1.807) is 6.33 Å². The number of hydrogen-bond acceptors (Lipinski definition) is 3. The molecule has 144 valence electrons. The zero-order valence-corrected chi connectivity index (χ0v) is 16.4. The summed E-state index contributed by atoms with van der Waals surface area (Å²) in [5, 5.41) is 8.55. The maximum Gasteiger partial charge on any atom is 0.253 e. The van der Waals surface area contributed by atoms with Crippen molar-refractivity contribution in [2.75, 3.05) is 13.1 Å². The van der Waals surface area contributed by atoms with Crippen molar-refractivity contribution >= 4 is 17.5 Å². The van der Waals surface area contributed by atoms with Gasteiger partial charge in [0.25, 0.3) is 5.91 Å². The summed E-state index contributed by atoms with van der Waals surface area (Å²) in [5.41, 5.74) is 0.515. The van der Waals surface area contributed by atoms with Crippen molar-refractivity contribution in [3.63, 3.8) is 0 Å². The van der Waals surface area contributed by atoms with E-state index in [0.717, 1.165) is 25.2 Å². The molecule has 2 aliphatic rings. The van der Waals surface area contributed by atoms with Gasteiger partial charge in [0.2, 0.25) is 0 Å². The number of amides is 1. The number of likely N-dealkylation sites (tertiary alicyclic amines) is 1. The topological polar surface area (TPSA) is 51.0 Å². The first-order valence-corrected chi connectivity index (χ1v) is 9.89. The van der Waals surface area contributed by atoms with Gasteiger partial charge in [0, 0.05) is 31.1 Å². The van der Waals surface area contributed by atoms with Crippen LogP contribution in [0, 0.1) is 17.2 Å². The second-order valence-electron chi connectivity index (χ2n) is 8.32. The lowest BCUT2D eigenvalue weighted by molar-refractivity contribution is 0.0723. The largest absolute Gasteiger partial charge is 0.337 e. The summed E-state index contributed by atoms with van der Waals surface area (Å²) < 4.78 is 15.6. The average molecular weight is 391 g/mol. The van der Waals surface area contributed by atoms with E-state index >= 15 is 0 Å². The fraction of sp³-hybridized carbons (Fsp3) is 0.550. The van der Waals surface area contributed by atoms with E-state index in [2.05, 4.69) is 28.6 Å². The van der Waals surface area contributed by atoms with Crippen LogP contribution in [0.4, 0.5) is 4.39 Å². The third-order valence-corrected chi connectivity index (χ3v) is 6.26. The van der Waals surface area contributed by atoms with Crippen molar-refractivity contribution < 1.29 is 9.18 Å². The number of hydrogen-bond donors (Lipinski definition) is 0. The van der Waals surface area contributed by atoms with Crippen molar-refractivity contribution in [3.8, 4) is 0 Å². The molecule has 4 rings (SSSR count). The van der Waals surface area contributed by atoms with Gasteiger partial charge in [-0.3, -0.25) is 4.79 Å². The molecule has 0 bridgehead atoms. The predicted molar refractivity (Wildman–Crippen MR) is 101 cm³/mol. The van der Waals surface area contributed by atoms with Crippen molar-refractivity contribution in [2.45, 2.75) is 45.6 Å². The van der Waals surface area contributed by atoms with Gasteiger partial charge in [0.1, 0.15) is 18.0 Å². The molecule has 1 aromatic heterocycles. The molecular formula is C20H24ClFN4O. The summed E-state index contributed by atoms with van der Waals surface area (Å²) in [7, 11) is 0. The third-order valence-electron chi connectivity index (χ3n) is 5.97. The van der Waals surface area contributed by atoms with Crippen LogP contribution >= 0.6 is 11.6 Å². The quantitative estimate of drug-likeness (QED) is 0.788. The summed E-state index contributed by atoms with van der Waals surface area (Å²) in [5.74, 6) is 1.06. The van der Waals surface area contributed by atoms with Crippen LogP contribution in [0.3, 0.4) is 0 Å². The summed E-state index contributed by atoms with van der Waals surface area (Å²) in [6.45, 7) is 6.54. The number of rotatable bonds is 4. The van der Waals surface area contributed by atoms with Crippen LogP contribution in [-0.2, 0) is 6.54 Å². The molecule has 1 aromatic carbocycles. The molecule has 2 aromatic rings. The Kier molecular flexibility index (Phi) is 4.70. The first-order chi connectivity index (χ1) is 12.9. The normalized spacial score (nSPS) is 21.1. The van der Waals surface area contributed by atoms with Gasteiger partial charge < -0.3 is 9.47 Å². The summed E-state index contributed by atoms with van der Waals surface area (Å²) in [6, 6.07) is 4.17. The van der Waals surface area contributed by atoms with E-state index in [1.807, 2.05) is 4.90 Å². The monoisotopic (exact) mass is 390 g/mol. The van der Waals surface area contributed by atoms with Crippen LogP contribution in [0.15, 0.2) is 24.5 Å². The van der Waals surface area contributed by atoms with Crippen LogP contribution in [0.1, 0.15) is 55.2 Å². The van der Waals surface area contributed by atoms with Crippen molar-refractivity contribution in [1.29, 1.82) is 0 Å². The van der Waals surface area contributed by atoms with Crippen LogP contribution in [0.25, 0.3) is 0 Å². The van der Waals surface area contributed by atoms with Gasteiger partial charge in [-0.1, -0.05) is 31.9 Å². The number of carbonyl (C=O) groups excluding carboxylic acids is 1. The molecule has 0 radical (unpaired) electrons. The van der Waals surface area contributed by atoms with Crippen molar-refractivity contribution in [3.05, 3.63) is 46.8 Å². The lowest BCUT2D eigenvalue weighted by atomic mass is 9.62. The minimum atomic E-state index is -0.509. The molecule has 0 N–H and O–H groups in total. The van der Waals surface area contributed by atoms with Gasteiger partial charge in [-0.25, -0.2) is 4.39 Å². The molecule has 1 saturated heterocycles. The number of halogens is 2. The van der Waals surface area contributed by atoms with Gasteiger partial charge >= 0.3 is 0 Å². The molecule has 27 heavy (non-hydrogen) atoms. The summed E-state index contributed by atoms with van der Waals surface area (Å²) in [6.07, 6.45) is 5.17. The van der Waals surface area contributed by atoms with E-state index in [4.69, 9.17) is 11.6 Å². The Morgan fingerprint density at radius 1 is 1.41 bits per heavy atom. The van der Waals surface area contributed by atoms with Gasteiger partial charge in [0.15, 0.2) is 0 Å². The molecule has 1 atom stereocenters. The molecular weight excluding hydrogens is 367 g/mol. The SMILES string of the molecule is CC(C)Cn1cnnc1C1CN(C(=O)c2ccc(F)c(Cl)c2)CC12CCC2. The first-order valence-electron chi connectivity index (χ1n) is 9.52. The highest BCUT2D eigenvalue weighted by molar-refractivity contribution is 6.31. The molecule has 7 heteroatoms. The molecule has 1 aliphatic carbocycles. The average Bonchev–Trinajstić information content (AvgIpc) is 3.19. The van der Waals surface area contributed by atoms with E-state index in [1.165, 1.54) is 24.6 Å². The molecule has 1 spiro atoms. The van der Waals surface area contributed by atoms with Gasteiger partial charge in [-0.05, 0) is 42.4 Å². The summed E-state index contributed by atoms with van der Waals surface area (Å²) >= 11 is 5.87. The van der Waals surface area contributed by atoms with Crippen LogP contribution in [0.5, 0.6) is 0 Å². The van der Waals surface area contributed by atoms with Gasteiger partial charge in [-0.2, -0.15) is 0 Å². The molecule has 1 aliphatic heterocycles. The maximum atomic E-state index is 13.4. The Labute approximate surface area is 163 Å². The second kappa shape index (κ2) is 6.89. The van der Waals surface area contributed by atoms with Crippen LogP contribution in [0.2, 0.25) is 5.02 Å². The van der Waals surface area contributed by atoms with E-state index < -0.39 is 5.82 Å². The zero-order valence-electron chi connectivity index (χ0n) is 15.7. The zero-order chi connectivity index (χ0) is 19.2. The third kappa shape index (κ3) is 3.24. The fourth-order valence-corrected chi connectivity index (χ4v) is 4.68. The Balaban J connectivity index is 1.61. The molecule has 5 nitrogen and oxygen atoms in total. The van der Waals surface area contributed by atoms with E-state index in [-0.39, 0.29) is 22.3 Å². The predicted octanol–water partition coefficient (Wildman–Crippen LogP) is 4.14. The molecule has 1 amide bonds. The van der Waals surface area contributed by atoms with Gasteiger partial charge in [0.05, 0.1) is 5.02 Å². The smallest absolute Gasteiger partial charge is 0.253 e. The lowest BCUT2D eigenvalue weighted by Crippen LogP contribution is -2.38. The Hall–Kier alpha value is -1.95. The lowest BCUT2D eigenvalue weighted by Gasteiger charge is -2.42. The number of benzene rings is 1. The molecule has 1 unspecified atom stereocenters. The fourth-order valence-electron chi connectivity index (χ4n) is 4.50. The van der Waals surface area contributed by atoms with Crippen LogP contribution < -0.4 is 0 Å². The minimum Gasteiger partial charge on any atom is -0.337 e. The number of nitrogens with zero attached hydrogens (tertiary/aromatic N) is 4. The highest BCUT2D eigenvalue weighted by Gasteiger charge is 2.53. The highest BCUT2D eigenvalue weighted by atomic mass is 35.5. The standard InChI is InChI=1S/C20H24ClFN4O/c1-13(2)9-26-12-23-24-18(26)15-10-25(11-20(15)6-3-7-20)19(27)14-4-5-17(22)16(21)8-14/h4-5,8,12-13,15H,3,6-7,9-11H2,1-2H3.